The maximum Gasteiger partial charge on any atom is 0.243 e. The highest BCUT2D eigenvalue weighted by atomic mass is 35.5. The molecule has 5 heteroatoms. The Morgan fingerprint density at radius 2 is 1.90 bits per heavy atom. The van der Waals surface area contributed by atoms with Crippen LogP contribution in [0.1, 0.15) is 11.1 Å². The maximum absolute atomic E-state index is 12.9. The van der Waals surface area contributed by atoms with Gasteiger partial charge in [0, 0.05) is 5.69 Å². The molecule has 0 saturated carbocycles. The molecule has 110 valence electrons. The zero-order valence-corrected chi connectivity index (χ0v) is 12.6. The van der Waals surface area contributed by atoms with E-state index < -0.39 is 5.82 Å². The van der Waals surface area contributed by atoms with Crippen molar-refractivity contribution in [3.8, 4) is 0 Å². The normalized spacial score (nSPS) is 10.3. The van der Waals surface area contributed by atoms with Gasteiger partial charge in [0.2, 0.25) is 5.91 Å². The van der Waals surface area contributed by atoms with Crippen LogP contribution in [0.4, 0.5) is 15.8 Å². The van der Waals surface area contributed by atoms with Crippen molar-refractivity contribution in [3.05, 3.63) is 58.4 Å². The van der Waals surface area contributed by atoms with E-state index in [0.717, 1.165) is 11.3 Å². The lowest BCUT2D eigenvalue weighted by Gasteiger charge is -2.10. The molecule has 0 aliphatic carbocycles. The molecule has 0 spiro atoms. The molecule has 3 nitrogen and oxygen atoms in total. The fourth-order valence-electron chi connectivity index (χ4n) is 1.83. The summed E-state index contributed by atoms with van der Waals surface area (Å²) in [6, 6.07) is 9.71. The van der Waals surface area contributed by atoms with E-state index in [2.05, 4.69) is 10.6 Å². The summed E-state index contributed by atoms with van der Waals surface area (Å²) in [6.07, 6.45) is 0. The second-order valence-corrected chi connectivity index (χ2v) is 5.23. The van der Waals surface area contributed by atoms with Gasteiger partial charge in [-0.2, -0.15) is 0 Å². The van der Waals surface area contributed by atoms with E-state index in [0.29, 0.717) is 5.69 Å². The average Bonchev–Trinajstić information content (AvgIpc) is 2.42. The van der Waals surface area contributed by atoms with Crippen LogP contribution in [0.3, 0.4) is 0 Å². The molecule has 0 fully saturated rings. The third kappa shape index (κ3) is 4.20. The summed E-state index contributed by atoms with van der Waals surface area (Å²) >= 11 is 5.88. The summed E-state index contributed by atoms with van der Waals surface area (Å²) in [5.74, 6) is -0.608. The van der Waals surface area contributed by atoms with Crippen molar-refractivity contribution in [1.82, 2.24) is 0 Å². The number of hydrogen-bond acceptors (Lipinski definition) is 2. The van der Waals surface area contributed by atoms with E-state index in [1.165, 1.54) is 23.8 Å². The van der Waals surface area contributed by atoms with Gasteiger partial charge in [-0.15, -0.1) is 0 Å². The number of rotatable bonds is 4. The molecule has 2 aromatic rings. The van der Waals surface area contributed by atoms with Crippen molar-refractivity contribution in [1.29, 1.82) is 0 Å². The van der Waals surface area contributed by atoms with Crippen LogP contribution >= 0.6 is 11.6 Å². The van der Waals surface area contributed by atoms with Crippen molar-refractivity contribution in [3.63, 3.8) is 0 Å². The SMILES string of the molecule is Cc1ccc(NC(=O)CNc2ccc(F)cc2Cl)cc1C. The summed E-state index contributed by atoms with van der Waals surface area (Å²) in [5.41, 5.74) is 3.55. The summed E-state index contributed by atoms with van der Waals surface area (Å²) in [4.78, 5) is 11.9. The Balaban J connectivity index is 1.94. The van der Waals surface area contributed by atoms with Crippen molar-refractivity contribution in [2.24, 2.45) is 0 Å². The molecule has 0 aliphatic heterocycles. The Bertz CT molecular complexity index is 673. The molecule has 0 bridgehead atoms. The zero-order valence-electron chi connectivity index (χ0n) is 11.8. The lowest BCUT2D eigenvalue weighted by atomic mass is 10.1. The Labute approximate surface area is 128 Å². The molecule has 2 N–H and O–H groups in total. The number of halogens is 2. The topological polar surface area (TPSA) is 41.1 Å². The van der Waals surface area contributed by atoms with Gasteiger partial charge in [0.1, 0.15) is 5.82 Å². The molecule has 0 saturated heterocycles. The third-order valence-electron chi connectivity index (χ3n) is 3.16. The van der Waals surface area contributed by atoms with Crippen LogP contribution in [0.5, 0.6) is 0 Å². The van der Waals surface area contributed by atoms with Crippen LogP contribution < -0.4 is 10.6 Å². The number of carbonyl (C=O) groups is 1. The van der Waals surface area contributed by atoms with Gasteiger partial charge in [0.25, 0.3) is 0 Å². The second-order valence-electron chi connectivity index (χ2n) is 4.82. The fourth-order valence-corrected chi connectivity index (χ4v) is 2.07. The predicted molar refractivity (Wildman–Crippen MR) is 84.4 cm³/mol. The van der Waals surface area contributed by atoms with Crippen LogP contribution in [-0.2, 0) is 4.79 Å². The maximum atomic E-state index is 12.9. The van der Waals surface area contributed by atoms with Crippen LogP contribution in [0, 0.1) is 19.7 Å². The van der Waals surface area contributed by atoms with Crippen molar-refractivity contribution >= 4 is 28.9 Å². The number of anilines is 2. The van der Waals surface area contributed by atoms with Gasteiger partial charge in [-0.3, -0.25) is 4.79 Å². The molecule has 0 unspecified atom stereocenters. The van der Waals surface area contributed by atoms with E-state index in [9.17, 15) is 9.18 Å². The minimum atomic E-state index is -0.412. The Morgan fingerprint density at radius 1 is 1.14 bits per heavy atom. The van der Waals surface area contributed by atoms with E-state index in [1.807, 2.05) is 32.0 Å². The van der Waals surface area contributed by atoms with E-state index in [4.69, 9.17) is 11.6 Å². The molecule has 0 aliphatic rings. The summed E-state index contributed by atoms with van der Waals surface area (Å²) in [7, 11) is 0. The third-order valence-corrected chi connectivity index (χ3v) is 3.47. The first-order chi connectivity index (χ1) is 9.95. The summed E-state index contributed by atoms with van der Waals surface area (Å²) in [5, 5.41) is 5.91. The first kappa shape index (κ1) is 15.3. The fraction of sp³-hybridized carbons (Fsp3) is 0.188. The Morgan fingerprint density at radius 3 is 2.57 bits per heavy atom. The zero-order chi connectivity index (χ0) is 15.4. The molecule has 0 aromatic heterocycles. The van der Waals surface area contributed by atoms with Gasteiger partial charge in [-0.1, -0.05) is 17.7 Å². The molecular weight excluding hydrogens is 291 g/mol. The monoisotopic (exact) mass is 306 g/mol. The largest absolute Gasteiger partial charge is 0.375 e. The molecule has 21 heavy (non-hydrogen) atoms. The van der Waals surface area contributed by atoms with Crippen LogP contribution in [0.15, 0.2) is 36.4 Å². The highest BCUT2D eigenvalue weighted by molar-refractivity contribution is 6.33. The van der Waals surface area contributed by atoms with Crippen molar-refractivity contribution in [2.45, 2.75) is 13.8 Å². The average molecular weight is 307 g/mol. The summed E-state index contributed by atoms with van der Waals surface area (Å²) in [6.45, 7) is 4.05. The minimum absolute atomic E-state index is 0.0538. The van der Waals surface area contributed by atoms with Gasteiger partial charge in [0.15, 0.2) is 0 Å². The Kier molecular flexibility index (Phi) is 4.81. The first-order valence-corrected chi connectivity index (χ1v) is 6.89. The number of hydrogen-bond donors (Lipinski definition) is 2. The van der Waals surface area contributed by atoms with E-state index in [1.54, 1.807) is 0 Å². The van der Waals surface area contributed by atoms with Crippen molar-refractivity contribution < 1.29 is 9.18 Å². The predicted octanol–water partition coefficient (Wildman–Crippen LogP) is 4.15. The van der Waals surface area contributed by atoms with Crippen LogP contribution in [0.25, 0.3) is 0 Å². The minimum Gasteiger partial charge on any atom is -0.375 e. The lowest BCUT2D eigenvalue weighted by Crippen LogP contribution is -2.21. The lowest BCUT2D eigenvalue weighted by molar-refractivity contribution is -0.114. The molecule has 2 rings (SSSR count). The molecule has 2 aromatic carbocycles. The number of benzene rings is 2. The standard InChI is InChI=1S/C16H16ClFN2O/c1-10-3-5-13(7-11(10)2)20-16(21)9-19-15-6-4-12(18)8-14(15)17/h3-8,19H,9H2,1-2H3,(H,20,21). The molecule has 0 atom stereocenters. The van der Waals surface area contributed by atoms with Crippen LogP contribution in [0.2, 0.25) is 5.02 Å². The number of aryl methyl sites for hydroxylation is 2. The molecule has 0 heterocycles. The first-order valence-electron chi connectivity index (χ1n) is 6.52. The van der Waals surface area contributed by atoms with Gasteiger partial charge in [-0.25, -0.2) is 4.39 Å². The highest BCUT2D eigenvalue weighted by Gasteiger charge is 2.06. The van der Waals surface area contributed by atoms with Gasteiger partial charge in [0.05, 0.1) is 17.3 Å². The smallest absolute Gasteiger partial charge is 0.243 e. The van der Waals surface area contributed by atoms with Gasteiger partial charge < -0.3 is 10.6 Å². The molecule has 1 amide bonds. The summed E-state index contributed by atoms with van der Waals surface area (Å²) < 4.78 is 12.9. The second kappa shape index (κ2) is 6.59. The number of nitrogens with one attached hydrogen (secondary N) is 2. The van der Waals surface area contributed by atoms with E-state index >= 15 is 0 Å². The number of carbonyl (C=O) groups excluding carboxylic acids is 1. The van der Waals surface area contributed by atoms with Gasteiger partial charge >= 0.3 is 0 Å². The van der Waals surface area contributed by atoms with E-state index in [-0.39, 0.29) is 17.5 Å². The van der Waals surface area contributed by atoms with Gasteiger partial charge in [-0.05, 0) is 55.3 Å². The number of amides is 1. The van der Waals surface area contributed by atoms with Crippen molar-refractivity contribution in [2.75, 3.05) is 17.2 Å². The molecule has 0 radical (unpaired) electrons. The Hall–Kier alpha value is -2.07. The van der Waals surface area contributed by atoms with Crippen LogP contribution in [-0.4, -0.2) is 12.5 Å². The highest BCUT2D eigenvalue weighted by Crippen LogP contribution is 2.22. The quantitative estimate of drug-likeness (QED) is 0.891. The molecular formula is C16H16ClFN2O.